The lowest BCUT2D eigenvalue weighted by molar-refractivity contribution is -0.127. The van der Waals surface area contributed by atoms with Gasteiger partial charge in [-0.25, -0.2) is 18.2 Å². The van der Waals surface area contributed by atoms with Gasteiger partial charge in [-0.05, 0) is 55.0 Å². The second kappa shape index (κ2) is 15.7. The minimum Gasteiger partial charge on any atom is -0.390 e. The number of carbonyl (C=O) groups excluding carboxylic acids is 1. The second-order valence-corrected chi connectivity index (χ2v) is 15.4. The molecule has 0 bridgehead atoms. The third kappa shape index (κ3) is 9.04. The lowest BCUT2D eigenvalue weighted by atomic mass is 9.98. The number of aryl methyl sites for hydroxylation is 1. The van der Waals surface area contributed by atoms with Crippen LogP contribution < -0.4 is 11.0 Å². The molecule has 0 fully saturated rings. The monoisotopic (exact) mass is 678 g/mol. The second-order valence-electron chi connectivity index (χ2n) is 12.4. The van der Waals surface area contributed by atoms with Crippen LogP contribution in [-0.2, 0) is 27.8 Å². The van der Waals surface area contributed by atoms with Gasteiger partial charge < -0.3 is 10.4 Å². The number of aliphatic hydroxyl groups excluding tert-OH is 1. The lowest BCUT2D eigenvalue weighted by Crippen LogP contribution is -2.53. The first kappa shape index (κ1) is 35.8. The van der Waals surface area contributed by atoms with Gasteiger partial charge in [0.2, 0.25) is 15.9 Å². The Kier molecular flexibility index (Phi) is 11.9. The minimum atomic E-state index is -4.05. The largest absolute Gasteiger partial charge is 0.390 e. The van der Waals surface area contributed by atoms with Gasteiger partial charge in [-0.15, -0.1) is 11.3 Å². The first-order valence-corrected chi connectivity index (χ1v) is 17.8. The van der Waals surface area contributed by atoms with E-state index in [1.807, 2.05) is 76.4 Å². The summed E-state index contributed by atoms with van der Waals surface area (Å²) in [5.41, 5.74) is 1.56. The highest BCUT2D eigenvalue weighted by Gasteiger charge is 2.34. The number of benzene rings is 2. The Morgan fingerprint density at radius 3 is 2.32 bits per heavy atom. The average Bonchev–Trinajstić information content (AvgIpc) is 3.61. The van der Waals surface area contributed by atoms with E-state index in [0.717, 1.165) is 16.3 Å². The summed E-state index contributed by atoms with van der Waals surface area (Å²) in [4.78, 5) is 31.9. The zero-order valence-corrected chi connectivity index (χ0v) is 28.9. The van der Waals surface area contributed by atoms with E-state index in [2.05, 4.69) is 10.3 Å². The molecule has 0 unspecified atom stereocenters. The van der Waals surface area contributed by atoms with Gasteiger partial charge in [0, 0.05) is 30.9 Å². The highest BCUT2D eigenvalue weighted by molar-refractivity contribution is 7.89. The molecule has 2 heterocycles. The number of hydrogen-bond donors (Lipinski definition) is 2. The van der Waals surface area contributed by atoms with Crippen molar-refractivity contribution in [2.45, 2.75) is 70.7 Å². The number of hydrogen-bond acceptors (Lipinski definition) is 8. The van der Waals surface area contributed by atoms with E-state index in [9.17, 15) is 23.1 Å². The maximum absolute atomic E-state index is 14.0. The van der Waals surface area contributed by atoms with E-state index in [0.29, 0.717) is 5.56 Å². The van der Waals surface area contributed by atoms with Crippen LogP contribution in [0.25, 0.3) is 0 Å². The van der Waals surface area contributed by atoms with Crippen LogP contribution in [0.5, 0.6) is 0 Å². The number of rotatable bonds is 15. The number of nitriles is 1. The lowest BCUT2D eigenvalue weighted by Gasteiger charge is -2.32. The van der Waals surface area contributed by atoms with Crippen molar-refractivity contribution >= 4 is 27.3 Å². The highest BCUT2D eigenvalue weighted by Crippen LogP contribution is 2.22. The number of carbonyl (C=O) groups is 1. The topological polar surface area (TPSA) is 150 Å². The Hall–Kier alpha value is -4.09. The van der Waals surface area contributed by atoms with Crippen molar-refractivity contribution in [2.75, 3.05) is 13.1 Å². The van der Waals surface area contributed by atoms with Crippen LogP contribution in [0.15, 0.2) is 82.1 Å². The number of aliphatic hydroxyl groups is 1. The number of thiazole rings is 1. The van der Waals surface area contributed by atoms with Gasteiger partial charge in [-0.3, -0.25) is 13.9 Å². The molecule has 11 nitrogen and oxygen atoms in total. The molecular weight excluding hydrogens is 637 g/mol. The van der Waals surface area contributed by atoms with Crippen LogP contribution >= 0.6 is 11.3 Å². The molecule has 0 aliphatic heterocycles. The van der Waals surface area contributed by atoms with E-state index in [1.54, 1.807) is 12.4 Å². The van der Waals surface area contributed by atoms with E-state index >= 15 is 0 Å². The summed E-state index contributed by atoms with van der Waals surface area (Å²) in [7, 11) is -4.05. The van der Waals surface area contributed by atoms with Crippen molar-refractivity contribution in [3.8, 4) is 6.07 Å². The minimum absolute atomic E-state index is 0.00423. The molecule has 0 saturated carbocycles. The van der Waals surface area contributed by atoms with E-state index in [-0.39, 0.29) is 48.5 Å². The molecule has 2 aromatic heterocycles. The number of nitrogens with one attached hydrogen (secondary N) is 1. The quantitative estimate of drug-likeness (QED) is 0.193. The zero-order chi connectivity index (χ0) is 34.3. The molecule has 2 N–H and O–H groups in total. The molecule has 4 rings (SSSR count). The molecule has 2 aromatic carbocycles. The number of amides is 1. The van der Waals surface area contributed by atoms with Crippen LogP contribution in [0.2, 0.25) is 0 Å². The SMILES string of the molecule is Cc1nc(Cn2ccn([C@H](C(=O)N[C@@H](Cc3ccccc3)[C@H](O)CN(CC(C)C)S(=O)(=O)c3ccc(C#N)cc3)C(C)C)c2=O)cs1. The van der Waals surface area contributed by atoms with E-state index in [1.165, 1.54) is 49.0 Å². The number of nitrogens with zero attached hydrogens (tertiary/aromatic N) is 5. The Bertz CT molecular complexity index is 1840. The van der Waals surface area contributed by atoms with Gasteiger partial charge in [-0.2, -0.15) is 9.57 Å². The third-order valence-electron chi connectivity index (χ3n) is 7.74. The van der Waals surface area contributed by atoms with Crippen molar-refractivity contribution in [3.05, 3.63) is 105 Å². The molecule has 0 radical (unpaired) electrons. The summed E-state index contributed by atoms with van der Waals surface area (Å²) in [5, 5.41) is 26.6. The zero-order valence-electron chi connectivity index (χ0n) is 27.3. The first-order chi connectivity index (χ1) is 22.3. The van der Waals surface area contributed by atoms with Crippen molar-refractivity contribution in [1.82, 2.24) is 23.7 Å². The number of aromatic nitrogens is 3. The molecule has 0 aliphatic rings. The molecule has 0 spiro atoms. The molecule has 0 aliphatic carbocycles. The predicted molar refractivity (Wildman–Crippen MR) is 181 cm³/mol. The molecule has 13 heteroatoms. The number of sulfonamides is 1. The van der Waals surface area contributed by atoms with Crippen molar-refractivity contribution in [1.29, 1.82) is 5.26 Å². The summed E-state index contributed by atoms with van der Waals surface area (Å²) in [5.74, 6) is -0.810. The Balaban J connectivity index is 1.62. The van der Waals surface area contributed by atoms with Gasteiger partial charge >= 0.3 is 5.69 Å². The normalized spacial score (nSPS) is 13.9. The predicted octanol–water partition coefficient (Wildman–Crippen LogP) is 3.97. The van der Waals surface area contributed by atoms with Crippen LogP contribution in [0, 0.1) is 30.1 Å². The maximum atomic E-state index is 14.0. The van der Waals surface area contributed by atoms with Crippen molar-refractivity contribution in [2.24, 2.45) is 11.8 Å². The molecule has 47 heavy (non-hydrogen) atoms. The van der Waals surface area contributed by atoms with Gasteiger partial charge in [0.1, 0.15) is 6.04 Å². The van der Waals surface area contributed by atoms with Crippen molar-refractivity contribution in [3.63, 3.8) is 0 Å². The van der Waals surface area contributed by atoms with E-state index in [4.69, 9.17) is 5.26 Å². The number of imidazole rings is 1. The Morgan fingerprint density at radius 2 is 1.74 bits per heavy atom. The molecule has 4 aromatic rings. The van der Waals surface area contributed by atoms with Gasteiger partial charge in [0.05, 0.1) is 45.9 Å². The fraction of sp³-hybridized carbons (Fsp3) is 0.412. The smallest absolute Gasteiger partial charge is 0.329 e. The fourth-order valence-electron chi connectivity index (χ4n) is 5.45. The standard InChI is InChI=1S/C34H42N6O5S2/c1-23(2)19-39(47(44,45)29-13-11-27(18-35)12-14-29)21-31(41)30(17-26-9-7-6-8-10-26)37-33(42)32(24(3)4)40-16-15-38(34(40)43)20-28-22-46-25(5)36-28/h6-16,22-24,30-32,41H,17,19-21H2,1-5H3,(H,37,42)/t30-,31+,32-/m0/s1. The Morgan fingerprint density at radius 1 is 1.06 bits per heavy atom. The Labute approximate surface area is 280 Å². The summed E-state index contributed by atoms with van der Waals surface area (Å²) in [6.45, 7) is 9.45. The first-order valence-electron chi connectivity index (χ1n) is 15.5. The molecule has 3 atom stereocenters. The molecule has 0 saturated heterocycles. The average molecular weight is 679 g/mol. The van der Waals surface area contributed by atoms with Crippen LogP contribution in [0.4, 0.5) is 0 Å². The maximum Gasteiger partial charge on any atom is 0.329 e. The molecular formula is C34H42N6O5S2. The molecule has 1 amide bonds. The van der Waals surface area contributed by atoms with Gasteiger partial charge in [0.15, 0.2) is 0 Å². The summed E-state index contributed by atoms with van der Waals surface area (Å²) in [6.07, 6.45) is 2.15. The fourth-order valence-corrected chi connectivity index (χ4v) is 7.68. The van der Waals surface area contributed by atoms with Crippen LogP contribution in [0.1, 0.15) is 55.6 Å². The molecule has 250 valence electrons. The van der Waals surface area contributed by atoms with Gasteiger partial charge in [0.25, 0.3) is 0 Å². The summed E-state index contributed by atoms with van der Waals surface area (Å²) < 4.78 is 31.6. The summed E-state index contributed by atoms with van der Waals surface area (Å²) >= 11 is 1.50. The van der Waals surface area contributed by atoms with Crippen LogP contribution in [0.3, 0.4) is 0 Å². The highest BCUT2D eigenvalue weighted by atomic mass is 32.2. The summed E-state index contributed by atoms with van der Waals surface area (Å²) in [6, 6.07) is 15.2. The van der Waals surface area contributed by atoms with Gasteiger partial charge in [-0.1, -0.05) is 58.0 Å². The van der Waals surface area contributed by atoms with Crippen molar-refractivity contribution < 1.29 is 18.3 Å². The van der Waals surface area contributed by atoms with Crippen LogP contribution in [-0.4, -0.2) is 63.1 Å². The third-order valence-corrected chi connectivity index (χ3v) is 10.4. The van der Waals surface area contributed by atoms with E-state index < -0.39 is 34.1 Å².